The molecular formula is C14H18N6O. The number of amides is 1. The fourth-order valence-electron chi connectivity index (χ4n) is 2.45. The first kappa shape index (κ1) is 13.5. The van der Waals surface area contributed by atoms with Crippen LogP contribution in [0, 0.1) is 0 Å². The van der Waals surface area contributed by atoms with E-state index in [2.05, 4.69) is 20.8 Å². The quantitative estimate of drug-likeness (QED) is 0.910. The zero-order chi connectivity index (χ0) is 14.5. The number of hydrogen-bond acceptors (Lipinski definition) is 5. The highest BCUT2D eigenvalue weighted by Crippen LogP contribution is 2.11. The van der Waals surface area contributed by atoms with Crippen LogP contribution in [-0.4, -0.2) is 50.6 Å². The number of aromatic nitrogens is 4. The van der Waals surface area contributed by atoms with Crippen molar-refractivity contribution in [2.75, 3.05) is 25.0 Å². The number of piperidine rings is 1. The average Bonchev–Trinajstić information content (AvgIpc) is 3.03. The zero-order valence-electron chi connectivity index (χ0n) is 11.8. The van der Waals surface area contributed by atoms with Crippen LogP contribution in [0.3, 0.4) is 0 Å². The highest BCUT2D eigenvalue weighted by Gasteiger charge is 2.17. The molecule has 0 spiro atoms. The number of para-hydroxylation sites is 1. The van der Waals surface area contributed by atoms with E-state index in [-0.39, 0.29) is 12.5 Å². The van der Waals surface area contributed by atoms with E-state index in [1.165, 1.54) is 6.42 Å². The molecule has 1 fully saturated rings. The number of nitrogens with zero attached hydrogens (tertiary/aromatic N) is 5. The van der Waals surface area contributed by atoms with Crippen LogP contribution in [0.4, 0.5) is 5.95 Å². The molecule has 0 aliphatic carbocycles. The number of anilines is 1. The molecule has 0 bridgehead atoms. The molecule has 1 aliphatic rings. The Morgan fingerprint density at radius 1 is 1.14 bits per heavy atom. The predicted molar refractivity (Wildman–Crippen MR) is 78.1 cm³/mol. The molecule has 1 aromatic heterocycles. The molecule has 21 heavy (non-hydrogen) atoms. The van der Waals surface area contributed by atoms with Gasteiger partial charge in [0, 0.05) is 13.1 Å². The first-order valence-electron chi connectivity index (χ1n) is 7.20. The van der Waals surface area contributed by atoms with Crippen molar-refractivity contribution in [3.05, 3.63) is 30.3 Å². The minimum atomic E-state index is 0.0947. The molecule has 3 rings (SSSR count). The van der Waals surface area contributed by atoms with Crippen molar-refractivity contribution in [3.8, 4) is 5.69 Å². The molecule has 1 N–H and O–H groups in total. The summed E-state index contributed by atoms with van der Waals surface area (Å²) in [6, 6.07) is 9.59. The summed E-state index contributed by atoms with van der Waals surface area (Å²) in [4.78, 5) is 14.0. The number of carbonyl (C=O) groups excluding carboxylic acids is 1. The zero-order valence-corrected chi connectivity index (χ0v) is 11.8. The molecule has 1 aliphatic heterocycles. The van der Waals surface area contributed by atoms with E-state index < -0.39 is 0 Å². The van der Waals surface area contributed by atoms with Crippen LogP contribution < -0.4 is 5.32 Å². The van der Waals surface area contributed by atoms with Crippen molar-refractivity contribution >= 4 is 11.9 Å². The third-order valence-corrected chi connectivity index (χ3v) is 3.58. The van der Waals surface area contributed by atoms with Gasteiger partial charge >= 0.3 is 0 Å². The van der Waals surface area contributed by atoms with Gasteiger partial charge in [0.1, 0.15) is 0 Å². The number of carbonyl (C=O) groups is 1. The lowest BCUT2D eigenvalue weighted by molar-refractivity contribution is -0.130. The summed E-state index contributed by atoms with van der Waals surface area (Å²) in [7, 11) is 0. The van der Waals surface area contributed by atoms with Crippen LogP contribution >= 0.6 is 0 Å². The van der Waals surface area contributed by atoms with Crippen molar-refractivity contribution in [2.24, 2.45) is 0 Å². The van der Waals surface area contributed by atoms with Gasteiger partial charge in [-0.2, -0.15) is 4.68 Å². The molecule has 2 heterocycles. The van der Waals surface area contributed by atoms with Gasteiger partial charge in [-0.05, 0) is 41.8 Å². The number of tetrazole rings is 1. The maximum Gasteiger partial charge on any atom is 0.248 e. The van der Waals surface area contributed by atoms with Gasteiger partial charge < -0.3 is 10.2 Å². The van der Waals surface area contributed by atoms with Gasteiger partial charge in [-0.25, -0.2) is 0 Å². The highest BCUT2D eigenvalue weighted by molar-refractivity contribution is 5.80. The molecule has 0 unspecified atom stereocenters. The van der Waals surface area contributed by atoms with Crippen molar-refractivity contribution < 1.29 is 4.79 Å². The van der Waals surface area contributed by atoms with E-state index in [0.29, 0.717) is 5.95 Å². The highest BCUT2D eigenvalue weighted by atomic mass is 16.2. The number of rotatable bonds is 4. The number of benzene rings is 1. The third-order valence-electron chi connectivity index (χ3n) is 3.58. The predicted octanol–water partition coefficient (Wildman–Crippen LogP) is 1.09. The van der Waals surface area contributed by atoms with Crippen LogP contribution in [0.2, 0.25) is 0 Å². The Hall–Kier alpha value is -2.44. The van der Waals surface area contributed by atoms with Gasteiger partial charge in [0.15, 0.2) is 0 Å². The molecule has 7 heteroatoms. The van der Waals surface area contributed by atoms with Crippen molar-refractivity contribution in [1.29, 1.82) is 0 Å². The Morgan fingerprint density at radius 2 is 1.90 bits per heavy atom. The third kappa shape index (κ3) is 3.18. The molecule has 0 radical (unpaired) electrons. The van der Waals surface area contributed by atoms with Gasteiger partial charge in [0.05, 0.1) is 12.2 Å². The van der Waals surface area contributed by atoms with Gasteiger partial charge in [-0.3, -0.25) is 4.79 Å². The van der Waals surface area contributed by atoms with E-state index in [1.54, 1.807) is 4.68 Å². The maximum atomic E-state index is 12.1. The minimum absolute atomic E-state index is 0.0947. The molecule has 1 amide bonds. The van der Waals surface area contributed by atoms with Crippen molar-refractivity contribution in [2.45, 2.75) is 19.3 Å². The number of hydrogen-bond donors (Lipinski definition) is 1. The molecule has 2 aromatic rings. The Labute approximate surface area is 122 Å². The first-order chi connectivity index (χ1) is 10.3. The van der Waals surface area contributed by atoms with E-state index in [0.717, 1.165) is 31.6 Å². The summed E-state index contributed by atoms with van der Waals surface area (Å²) in [6.45, 7) is 1.92. The van der Waals surface area contributed by atoms with E-state index in [4.69, 9.17) is 0 Å². The van der Waals surface area contributed by atoms with Crippen LogP contribution in [0.25, 0.3) is 5.69 Å². The molecule has 7 nitrogen and oxygen atoms in total. The molecular weight excluding hydrogens is 268 g/mol. The Bertz CT molecular complexity index is 591. The second-order valence-electron chi connectivity index (χ2n) is 5.04. The van der Waals surface area contributed by atoms with Crippen LogP contribution in [0.1, 0.15) is 19.3 Å². The van der Waals surface area contributed by atoms with Gasteiger partial charge in [-0.1, -0.05) is 23.3 Å². The van der Waals surface area contributed by atoms with E-state index in [1.807, 2.05) is 35.2 Å². The largest absolute Gasteiger partial charge is 0.344 e. The maximum absolute atomic E-state index is 12.1. The number of nitrogens with one attached hydrogen (secondary N) is 1. The van der Waals surface area contributed by atoms with Crippen LogP contribution in [-0.2, 0) is 4.79 Å². The Morgan fingerprint density at radius 3 is 2.67 bits per heavy atom. The Balaban J connectivity index is 1.63. The van der Waals surface area contributed by atoms with Gasteiger partial charge in [0.2, 0.25) is 11.9 Å². The van der Waals surface area contributed by atoms with Gasteiger partial charge in [0.25, 0.3) is 0 Å². The summed E-state index contributed by atoms with van der Waals surface area (Å²) < 4.78 is 1.59. The molecule has 0 atom stereocenters. The first-order valence-corrected chi connectivity index (χ1v) is 7.20. The standard InChI is InChI=1S/C14H18N6O/c21-13(19-9-5-2-6-10-19)11-15-14-16-17-18-20(14)12-7-3-1-4-8-12/h1,3-4,7-8H,2,5-6,9-11H2,(H,15,16,18). The van der Waals surface area contributed by atoms with Gasteiger partial charge in [-0.15, -0.1) is 0 Å². The van der Waals surface area contributed by atoms with Crippen LogP contribution in [0.15, 0.2) is 30.3 Å². The van der Waals surface area contributed by atoms with Crippen LogP contribution in [0.5, 0.6) is 0 Å². The fraction of sp³-hybridized carbons (Fsp3) is 0.429. The normalized spacial score (nSPS) is 15.0. The topological polar surface area (TPSA) is 75.9 Å². The second-order valence-corrected chi connectivity index (χ2v) is 5.04. The number of likely N-dealkylation sites (tertiary alicyclic amines) is 1. The lowest BCUT2D eigenvalue weighted by atomic mass is 10.1. The van der Waals surface area contributed by atoms with Crippen molar-refractivity contribution in [3.63, 3.8) is 0 Å². The van der Waals surface area contributed by atoms with E-state index in [9.17, 15) is 4.79 Å². The Kier molecular flexibility index (Phi) is 4.09. The second kappa shape index (κ2) is 6.34. The lowest BCUT2D eigenvalue weighted by Crippen LogP contribution is -2.39. The SMILES string of the molecule is O=C(CNc1nnnn1-c1ccccc1)N1CCCCC1. The minimum Gasteiger partial charge on any atom is -0.344 e. The summed E-state index contributed by atoms with van der Waals surface area (Å²) >= 11 is 0. The lowest BCUT2D eigenvalue weighted by Gasteiger charge is -2.26. The average molecular weight is 286 g/mol. The monoisotopic (exact) mass is 286 g/mol. The summed E-state index contributed by atoms with van der Waals surface area (Å²) in [6.07, 6.45) is 3.39. The van der Waals surface area contributed by atoms with Crippen molar-refractivity contribution in [1.82, 2.24) is 25.1 Å². The smallest absolute Gasteiger partial charge is 0.248 e. The molecule has 110 valence electrons. The summed E-state index contributed by atoms with van der Waals surface area (Å²) in [5, 5.41) is 14.6. The van der Waals surface area contributed by atoms with E-state index >= 15 is 0 Å². The molecule has 1 saturated heterocycles. The molecule has 1 aromatic carbocycles. The summed E-state index contributed by atoms with van der Waals surface area (Å²) in [5.74, 6) is 0.573. The fourth-order valence-corrected chi connectivity index (χ4v) is 2.45. The molecule has 0 saturated carbocycles. The summed E-state index contributed by atoms with van der Waals surface area (Å²) in [5.41, 5.74) is 0.857.